The van der Waals surface area contributed by atoms with Crippen molar-refractivity contribution in [2.75, 3.05) is 5.32 Å². The summed E-state index contributed by atoms with van der Waals surface area (Å²) in [4.78, 5) is 12.6. The van der Waals surface area contributed by atoms with Crippen molar-refractivity contribution in [1.82, 2.24) is 9.59 Å². The minimum Gasteiger partial charge on any atom is -0.321 e. The molecule has 1 aliphatic rings. The van der Waals surface area contributed by atoms with Crippen LogP contribution in [0.1, 0.15) is 32.9 Å². The Bertz CT molecular complexity index is 606. The minimum absolute atomic E-state index is 0.125. The molecule has 0 saturated carbocycles. The molecule has 0 spiro atoms. The Labute approximate surface area is 109 Å². The molecule has 0 radical (unpaired) electrons. The van der Waals surface area contributed by atoms with Crippen LogP contribution in [0.2, 0.25) is 0 Å². The Morgan fingerprint density at radius 2 is 2.17 bits per heavy atom. The Hall–Kier alpha value is -1.75. The quantitative estimate of drug-likeness (QED) is 0.902. The zero-order chi connectivity index (χ0) is 12.5. The van der Waals surface area contributed by atoms with E-state index in [1.807, 2.05) is 6.07 Å². The topological polar surface area (TPSA) is 54.9 Å². The van der Waals surface area contributed by atoms with Crippen LogP contribution in [0.5, 0.6) is 0 Å². The molecule has 4 nitrogen and oxygen atoms in total. The van der Waals surface area contributed by atoms with E-state index in [0.717, 1.165) is 30.1 Å². The molecule has 1 N–H and O–H groups in total. The smallest absolute Gasteiger partial charge is 0.269 e. The fourth-order valence-corrected chi connectivity index (χ4v) is 2.83. The maximum atomic E-state index is 12.0. The SMILES string of the molecule is Cc1nnsc1C(=O)Nc1ccc2c(c1)CCC2. The van der Waals surface area contributed by atoms with Gasteiger partial charge in [-0.25, -0.2) is 0 Å². The molecule has 92 valence electrons. The van der Waals surface area contributed by atoms with Gasteiger partial charge in [-0.1, -0.05) is 10.6 Å². The monoisotopic (exact) mass is 259 g/mol. The highest BCUT2D eigenvalue weighted by Crippen LogP contribution is 2.25. The summed E-state index contributed by atoms with van der Waals surface area (Å²) in [5, 5.41) is 6.75. The third kappa shape index (κ3) is 2.01. The number of hydrogen-bond donors (Lipinski definition) is 1. The lowest BCUT2D eigenvalue weighted by atomic mass is 10.1. The summed E-state index contributed by atoms with van der Waals surface area (Å²) < 4.78 is 3.77. The zero-order valence-electron chi connectivity index (χ0n) is 10.1. The zero-order valence-corrected chi connectivity index (χ0v) is 10.9. The Morgan fingerprint density at radius 3 is 2.94 bits per heavy atom. The average molecular weight is 259 g/mol. The molecule has 1 aliphatic carbocycles. The molecule has 0 aliphatic heterocycles. The van der Waals surface area contributed by atoms with Gasteiger partial charge in [0.05, 0.1) is 5.69 Å². The molecule has 1 aromatic carbocycles. The van der Waals surface area contributed by atoms with Crippen molar-refractivity contribution < 1.29 is 4.79 Å². The molecule has 0 atom stereocenters. The van der Waals surface area contributed by atoms with Gasteiger partial charge >= 0.3 is 0 Å². The number of aryl methyl sites for hydroxylation is 3. The van der Waals surface area contributed by atoms with Crippen LogP contribution >= 0.6 is 11.5 Å². The highest BCUT2D eigenvalue weighted by atomic mass is 32.1. The molecule has 5 heteroatoms. The molecular weight excluding hydrogens is 246 g/mol. The van der Waals surface area contributed by atoms with Crippen molar-refractivity contribution in [1.29, 1.82) is 0 Å². The number of carbonyl (C=O) groups is 1. The lowest BCUT2D eigenvalue weighted by Gasteiger charge is -2.06. The molecule has 3 rings (SSSR count). The van der Waals surface area contributed by atoms with Gasteiger partial charge in [-0.15, -0.1) is 5.10 Å². The first kappa shape index (κ1) is 11.3. The molecule has 2 aromatic rings. The maximum absolute atomic E-state index is 12.0. The predicted octanol–water partition coefficient (Wildman–Crippen LogP) is 2.59. The maximum Gasteiger partial charge on any atom is 0.269 e. The van der Waals surface area contributed by atoms with E-state index >= 15 is 0 Å². The number of nitrogens with one attached hydrogen (secondary N) is 1. The number of nitrogens with zero attached hydrogens (tertiary/aromatic N) is 2. The van der Waals surface area contributed by atoms with E-state index in [0.29, 0.717) is 10.6 Å². The van der Waals surface area contributed by atoms with Crippen LogP contribution in [0.4, 0.5) is 5.69 Å². The van der Waals surface area contributed by atoms with Crippen molar-refractivity contribution in [2.45, 2.75) is 26.2 Å². The molecule has 1 heterocycles. The van der Waals surface area contributed by atoms with Crippen molar-refractivity contribution in [3.05, 3.63) is 39.9 Å². The Balaban J connectivity index is 1.81. The van der Waals surface area contributed by atoms with Crippen molar-refractivity contribution >= 4 is 23.1 Å². The number of anilines is 1. The van der Waals surface area contributed by atoms with Crippen molar-refractivity contribution in [3.63, 3.8) is 0 Å². The van der Waals surface area contributed by atoms with Crippen LogP contribution in [-0.2, 0) is 12.8 Å². The van der Waals surface area contributed by atoms with Crippen molar-refractivity contribution in [3.8, 4) is 0 Å². The first-order valence-corrected chi connectivity index (χ1v) is 6.73. The Morgan fingerprint density at radius 1 is 1.33 bits per heavy atom. The van der Waals surface area contributed by atoms with Gasteiger partial charge in [0.2, 0.25) is 0 Å². The number of amides is 1. The third-order valence-corrected chi connectivity index (χ3v) is 4.04. The van der Waals surface area contributed by atoms with Gasteiger partial charge in [-0.3, -0.25) is 4.79 Å². The summed E-state index contributed by atoms with van der Waals surface area (Å²) in [5.74, 6) is -0.125. The molecule has 1 amide bonds. The van der Waals surface area contributed by atoms with Gasteiger partial charge in [-0.05, 0) is 61.0 Å². The molecule has 18 heavy (non-hydrogen) atoms. The summed E-state index contributed by atoms with van der Waals surface area (Å²) in [6.07, 6.45) is 3.48. The first-order chi connectivity index (χ1) is 8.74. The van der Waals surface area contributed by atoms with Crippen molar-refractivity contribution in [2.24, 2.45) is 0 Å². The van der Waals surface area contributed by atoms with Gasteiger partial charge in [-0.2, -0.15) is 0 Å². The second kappa shape index (κ2) is 4.49. The summed E-state index contributed by atoms with van der Waals surface area (Å²) >= 11 is 1.13. The molecule has 0 unspecified atom stereocenters. The number of fused-ring (bicyclic) bond motifs is 1. The first-order valence-electron chi connectivity index (χ1n) is 5.96. The van der Waals surface area contributed by atoms with Crippen LogP contribution in [0.3, 0.4) is 0 Å². The number of hydrogen-bond acceptors (Lipinski definition) is 4. The van der Waals surface area contributed by atoms with E-state index in [9.17, 15) is 4.79 Å². The molecule has 0 bridgehead atoms. The van der Waals surface area contributed by atoms with Crippen LogP contribution in [0, 0.1) is 6.92 Å². The standard InChI is InChI=1S/C13H13N3OS/c1-8-12(18-16-15-8)13(17)14-11-6-5-9-3-2-4-10(9)7-11/h5-7H,2-4H2,1H3,(H,14,17). The summed E-state index contributed by atoms with van der Waals surface area (Å²) in [6.45, 7) is 1.79. The number of aromatic nitrogens is 2. The van der Waals surface area contributed by atoms with Gasteiger partial charge in [0.1, 0.15) is 4.88 Å². The second-order valence-corrected chi connectivity index (χ2v) is 5.23. The van der Waals surface area contributed by atoms with Crippen LogP contribution in [0.15, 0.2) is 18.2 Å². The summed E-state index contributed by atoms with van der Waals surface area (Å²) in [6, 6.07) is 6.14. The summed E-state index contributed by atoms with van der Waals surface area (Å²) in [7, 11) is 0. The second-order valence-electron chi connectivity index (χ2n) is 4.48. The van der Waals surface area contributed by atoms with E-state index < -0.39 is 0 Å². The molecule has 0 saturated heterocycles. The fourth-order valence-electron chi connectivity index (χ4n) is 2.28. The third-order valence-electron chi connectivity index (χ3n) is 3.21. The van der Waals surface area contributed by atoms with Gasteiger partial charge in [0.25, 0.3) is 5.91 Å². The fraction of sp³-hybridized carbons (Fsp3) is 0.308. The summed E-state index contributed by atoms with van der Waals surface area (Å²) in [5.41, 5.74) is 4.29. The van der Waals surface area contributed by atoms with Crippen LogP contribution < -0.4 is 5.32 Å². The van der Waals surface area contributed by atoms with E-state index in [1.165, 1.54) is 17.5 Å². The van der Waals surface area contributed by atoms with E-state index in [1.54, 1.807) is 6.92 Å². The normalized spacial score (nSPS) is 13.4. The number of carbonyl (C=O) groups excluding carboxylic acids is 1. The Kier molecular flexibility index (Phi) is 2.83. The van der Waals surface area contributed by atoms with Crippen LogP contribution in [0.25, 0.3) is 0 Å². The molecule has 0 fully saturated rings. The lowest BCUT2D eigenvalue weighted by Crippen LogP contribution is -2.11. The highest BCUT2D eigenvalue weighted by molar-refractivity contribution is 7.08. The van der Waals surface area contributed by atoms with Crippen LogP contribution in [-0.4, -0.2) is 15.5 Å². The predicted molar refractivity (Wildman–Crippen MR) is 71.1 cm³/mol. The number of benzene rings is 1. The number of rotatable bonds is 2. The van der Waals surface area contributed by atoms with E-state index in [2.05, 4.69) is 27.0 Å². The van der Waals surface area contributed by atoms with Gasteiger partial charge in [0.15, 0.2) is 0 Å². The molecular formula is C13H13N3OS. The lowest BCUT2D eigenvalue weighted by molar-refractivity contribution is 0.103. The average Bonchev–Trinajstić information content (AvgIpc) is 2.96. The van der Waals surface area contributed by atoms with Gasteiger partial charge in [0, 0.05) is 5.69 Å². The minimum atomic E-state index is -0.125. The van der Waals surface area contributed by atoms with Gasteiger partial charge < -0.3 is 5.32 Å². The molecule has 1 aromatic heterocycles. The highest BCUT2D eigenvalue weighted by Gasteiger charge is 2.15. The largest absolute Gasteiger partial charge is 0.321 e. The van der Waals surface area contributed by atoms with E-state index in [4.69, 9.17) is 0 Å². The van der Waals surface area contributed by atoms with E-state index in [-0.39, 0.29) is 5.91 Å².